The third kappa shape index (κ3) is 3.53. The van der Waals surface area contributed by atoms with E-state index >= 15 is 0 Å². The van der Waals surface area contributed by atoms with Gasteiger partial charge in [0.15, 0.2) is 0 Å². The number of hydrogen-bond donors (Lipinski definition) is 0. The van der Waals surface area contributed by atoms with Crippen molar-refractivity contribution in [1.82, 2.24) is 14.5 Å². The van der Waals surface area contributed by atoms with E-state index in [1.165, 1.54) is 11.4 Å². The molecule has 1 saturated heterocycles. The lowest BCUT2D eigenvalue weighted by molar-refractivity contribution is 0.343. The average Bonchev–Trinajstić information content (AvgIpc) is 3.25. The monoisotopic (exact) mass is 399 g/mol. The van der Waals surface area contributed by atoms with Crippen LogP contribution in [0, 0.1) is 0 Å². The standard InChI is InChI=1S/C20H21N3O4S/c1-26-17-11-10-16(14-18(17)28(24,25)23-12-6-3-7-13-23)20-22-21-19(27-20)15-8-4-2-5-9-15/h2,4-5,8-11,14H,3,6-7,12-13H2,1H3. The van der Waals surface area contributed by atoms with Crippen molar-refractivity contribution in [2.75, 3.05) is 20.2 Å². The zero-order valence-electron chi connectivity index (χ0n) is 15.5. The second-order valence-corrected chi connectivity index (χ2v) is 8.52. The number of sulfonamides is 1. The van der Waals surface area contributed by atoms with Crippen molar-refractivity contribution >= 4 is 10.0 Å². The molecule has 7 nitrogen and oxygen atoms in total. The van der Waals surface area contributed by atoms with E-state index in [4.69, 9.17) is 9.15 Å². The molecule has 1 aliphatic heterocycles. The summed E-state index contributed by atoms with van der Waals surface area (Å²) in [4.78, 5) is 0.119. The van der Waals surface area contributed by atoms with E-state index in [-0.39, 0.29) is 10.8 Å². The predicted octanol–water partition coefficient (Wildman–Crippen LogP) is 3.59. The Kier molecular flexibility index (Phi) is 5.15. The Labute approximate surface area is 164 Å². The van der Waals surface area contributed by atoms with Gasteiger partial charge in [-0.2, -0.15) is 4.31 Å². The molecule has 0 aliphatic carbocycles. The Bertz CT molecular complexity index is 1060. The van der Waals surface area contributed by atoms with E-state index in [2.05, 4.69) is 10.2 Å². The number of methoxy groups -OCH3 is 1. The number of hydrogen-bond acceptors (Lipinski definition) is 6. The molecule has 28 heavy (non-hydrogen) atoms. The molecule has 0 N–H and O–H groups in total. The molecular weight excluding hydrogens is 378 g/mol. The summed E-state index contributed by atoms with van der Waals surface area (Å²) >= 11 is 0. The molecule has 4 rings (SSSR count). The molecule has 2 heterocycles. The van der Waals surface area contributed by atoms with Gasteiger partial charge in [-0.3, -0.25) is 0 Å². The molecule has 0 unspecified atom stereocenters. The highest BCUT2D eigenvalue weighted by molar-refractivity contribution is 7.89. The highest BCUT2D eigenvalue weighted by atomic mass is 32.2. The van der Waals surface area contributed by atoms with Crippen LogP contribution in [-0.4, -0.2) is 43.1 Å². The van der Waals surface area contributed by atoms with E-state index < -0.39 is 10.0 Å². The lowest BCUT2D eigenvalue weighted by Crippen LogP contribution is -2.35. The minimum absolute atomic E-state index is 0.119. The van der Waals surface area contributed by atoms with Crippen molar-refractivity contribution in [1.29, 1.82) is 0 Å². The van der Waals surface area contributed by atoms with Crippen molar-refractivity contribution in [3.63, 3.8) is 0 Å². The fourth-order valence-corrected chi connectivity index (χ4v) is 4.99. The van der Waals surface area contributed by atoms with Gasteiger partial charge >= 0.3 is 0 Å². The minimum atomic E-state index is -3.66. The van der Waals surface area contributed by atoms with E-state index in [1.54, 1.807) is 18.2 Å². The molecule has 0 bridgehead atoms. The molecular formula is C20H21N3O4S. The van der Waals surface area contributed by atoms with Gasteiger partial charge in [0.2, 0.25) is 21.8 Å². The number of ether oxygens (including phenoxy) is 1. The van der Waals surface area contributed by atoms with Crippen LogP contribution in [0.5, 0.6) is 5.75 Å². The van der Waals surface area contributed by atoms with Crippen LogP contribution in [0.3, 0.4) is 0 Å². The molecule has 1 aliphatic rings. The molecule has 0 radical (unpaired) electrons. The maximum Gasteiger partial charge on any atom is 0.248 e. The summed E-state index contributed by atoms with van der Waals surface area (Å²) in [6, 6.07) is 14.3. The van der Waals surface area contributed by atoms with Crippen molar-refractivity contribution in [2.24, 2.45) is 0 Å². The molecule has 2 aromatic carbocycles. The highest BCUT2D eigenvalue weighted by Crippen LogP contribution is 2.33. The van der Waals surface area contributed by atoms with Gasteiger partial charge in [-0.1, -0.05) is 24.6 Å². The van der Waals surface area contributed by atoms with Crippen LogP contribution in [0.15, 0.2) is 57.8 Å². The number of piperidine rings is 1. The molecule has 146 valence electrons. The highest BCUT2D eigenvalue weighted by Gasteiger charge is 2.29. The summed E-state index contributed by atoms with van der Waals surface area (Å²) < 4.78 is 38.9. The molecule has 0 atom stereocenters. The van der Waals surface area contributed by atoms with Gasteiger partial charge in [0.1, 0.15) is 10.6 Å². The number of nitrogens with zero attached hydrogens (tertiary/aromatic N) is 3. The first-order chi connectivity index (χ1) is 13.6. The van der Waals surface area contributed by atoms with E-state index in [1.807, 2.05) is 30.3 Å². The second-order valence-electron chi connectivity index (χ2n) is 6.61. The normalized spacial score (nSPS) is 15.5. The second kappa shape index (κ2) is 7.73. The van der Waals surface area contributed by atoms with Gasteiger partial charge in [-0.15, -0.1) is 10.2 Å². The summed E-state index contributed by atoms with van der Waals surface area (Å²) in [6.07, 6.45) is 2.78. The van der Waals surface area contributed by atoms with E-state index in [0.717, 1.165) is 24.8 Å². The first-order valence-corrected chi connectivity index (χ1v) is 10.6. The summed E-state index contributed by atoms with van der Waals surface area (Å²) in [5, 5.41) is 8.17. The fourth-order valence-electron chi connectivity index (χ4n) is 3.29. The zero-order valence-corrected chi connectivity index (χ0v) is 16.4. The fraction of sp³-hybridized carbons (Fsp3) is 0.300. The first-order valence-electron chi connectivity index (χ1n) is 9.17. The Balaban J connectivity index is 1.72. The number of benzene rings is 2. The van der Waals surface area contributed by atoms with Crippen LogP contribution in [0.1, 0.15) is 19.3 Å². The summed E-state index contributed by atoms with van der Waals surface area (Å²) in [5.74, 6) is 0.945. The quantitative estimate of drug-likeness (QED) is 0.652. The Hall–Kier alpha value is -2.71. The van der Waals surface area contributed by atoms with E-state index in [0.29, 0.717) is 30.3 Å². The average molecular weight is 399 g/mol. The largest absolute Gasteiger partial charge is 0.495 e. The van der Waals surface area contributed by atoms with Crippen molar-refractivity contribution in [2.45, 2.75) is 24.2 Å². The van der Waals surface area contributed by atoms with Crippen molar-refractivity contribution in [3.05, 3.63) is 48.5 Å². The van der Waals surface area contributed by atoms with Gasteiger partial charge in [0, 0.05) is 24.2 Å². The van der Waals surface area contributed by atoms with Crippen LogP contribution in [0.25, 0.3) is 22.9 Å². The summed E-state index contributed by atoms with van der Waals surface area (Å²) in [7, 11) is -2.20. The number of aromatic nitrogens is 2. The predicted molar refractivity (Wildman–Crippen MR) is 104 cm³/mol. The van der Waals surface area contributed by atoms with Crippen LogP contribution in [0.2, 0.25) is 0 Å². The third-order valence-corrected chi connectivity index (χ3v) is 6.71. The van der Waals surface area contributed by atoms with Crippen LogP contribution in [0.4, 0.5) is 0 Å². The van der Waals surface area contributed by atoms with Gasteiger partial charge in [0.05, 0.1) is 7.11 Å². The molecule has 8 heteroatoms. The zero-order chi connectivity index (χ0) is 19.6. The Morgan fingerprint density at radius 2 is 1.61 bits per heavy atom. The van der Waals surface area contributed by atoms with Gasteiger partial charge in [-0.05, 0) is 43.2 Å². The number of rotatable bonds is 5. The summed E-state index contributed by atoms with van der Waals surface area (Å²) in [6.45, 7) is 1.04. The minimum Gasteiger partial charge on any atom is -0.495 e. The Morgan fingerprint density at radius 1 is 0.929 bits per heavy atom. The van der Waals surface area contributed by atoms with Gasteiger partial charge in [-0.25, -0.2) is 8.42 Å². The third-order valence-electron chi connectivity index (χ3n) is 4.79. The molecule has 1 aromatic heterocycles. The summed E-state index contributed by atoms with van der Waals surface area (Å²) in [5.41, 5.74) is 1.34. The van der Waals surface area contributed by atoms with Crippen LogP contribution < -0.4 is 4.74 Å². The maximum atomic E-state index is 13.2. The van der Waals surface area contributed by atoms with Gasteiger partial charge < -0.3 is 9.15 Å². The maximum absolute atomic E-state index is 13.2. The van der Waals surface area contributed by atoms with Gasteiger partial charge in [0.25, 0.3) is 0 Å². The lowest BCUT2D eigenvalue weighted by Gasteiger charge is -2.26. The molecule has 3 aromatic rings. The molecule has 0 amide bonds. The molecule has 0 spiro atoms. The molecule has 0 saturated carbocycles. The van der Waals surface area contributed by atoms with Crippen molar-refractivity contribution < 1.29 is 17.6 Å². The van der Waals surface area contributed by atoms with E-state index in [9.17, 15) is 8.42 Å². The topological polar surface area (TPSA) is 85.5 Å². The van der Waals surface area contributed by atoms with Crippen LogP contribution >= 0.6 is 0 Å². The smallest absolute Gasteiger partial charge is 0.248 e. The van der Waals surface area contributed by atoms with Crippen LogP contribution in [-0.2, 0) is 10.0 Å². The SMILES string of the molecule is COc1ccc(-c2nnc(-c3ccccc3)o2)cc1S(=O)(=O)N1CCCCC1. The first kappa shape index (κ1) is 18.6. The van der Waals surface area contributed by atoms with Crippen molar-refractivity contribution in [3.8, 4) is 28.7 Å². The lowest BCUT2D eigenvalue weighted by atomic mass is 10.2. The Morgan fingerprint density at radius 3 is 2.29 bits per heavy atom. The molecule has 1 fully saturated rings.